The van der Waals surface area contributed by atoms with Crippen molar-refractivity contribution < 1.29 is 14.3 Å². The zero-order valence-electron chi connectivity index (χ0n) is 13.3. The predicted molar refractivity (Wildman–Crippen MR) is 91.1 cm³/mol. The van der Waals surface area contributed by atoms with Crippen molar-refractivity contribution in [2.75, 3.05) is 18.1 Å². The van der Waals surface area contributed by atoms with Crippen molar-refractivity contribution in [3.8, 4) is 0 Å². The zero-order chi connectivity index (χ0) is 16.3. The Morgan fingerprint density at radius 1 is 1.26 bits per heavy atom. The van der Waals surface area contributed by atoms with Gasteiger partial charge in [-0.25, -0.2) is 4.39 Å². The summed E-state index contributed by atoms with van der Waals surface area (Å²) in [5.41, 5.74) is -0.678. The molecule has 1 aromatic rings. The van der Waals surface area contributed by atoms with Gasteiger partial charge in [0, 0.05) is 12.3 Å². The molecular weight excluding hydrogens is 313 g/mol. The van der Waals surface area contributed by atoms with Crippen LogP contribution in [0.25, 0.3) is 0 Å². The Morgan fingerprint density at radius 2 is 2.04 bits per heavy atom. The van der Waals surface area contributed by atoms with Crippen LogP contribution in [0.5, 0.6) is 0 Å². The molecule has 23 heavy (non-hydrogen) atoms. The fourth-order valence-electron chi connectivity index (χ4n) is 3.74. The highest BCUT2D eigenvalue weighted by Crippen LogP contribution is 2.40. The van der Waals surface area contributed by atoms with Gasteiger partial charge >= 0.3 is 0 Å². The summed E-state index contributed by atoms with van der Waals surface area (Å²) >= 11 is 1.71. The van der Waals surface area contributed by atoms with Gasteiger partial charge in [0.2, 0.25) is 5.91 Å². The number of halogens is 1. The Morgan fingerprint density at radius 3 is 2.70 bits per heavy atom. The average Bonchev–Trinajstić information content (AvgIpc) is 3.00. The summed E-state index contributed by atoms with van der Waals surface area (Å²) in [5.74, 6) is 1.24. The summed E-state index contributed by atoms with van der Waals surface area (Å²) in [5, 5.41) is 13.4. The fraction of sp³-hybridized carbons (Fsp3) is 0.611. The van der Waals surface area contributed by atoms with Crippen molar-refractivity contribution in [1.82, 2.24) is 5.32 Å². The first-order valence-corrected chi connectivity index (χ1v) is 9.54. The Balaban J connectivity index is 1.79. The van der Waals surface area contributed by atoms with Crippen LogP contribution in [0, 0.1) is 5.82 Å². The predicted octanol–water partition coefficient (Wildman–Crippen LogP) is 3.01. The lowest BCUT2D eigenvalue weighted by molar-refractivity contribution is -0.129. The van der Waals surface area contributed by atoms with E-state index in [1.807, 2.05) is 6.07 Å². The summed E-state index contributed by atoms with van der Waals surface area (Å²) in [7, 11) is 0. The molecule has 3 nitrogen and oxygen atoms in total. The van der Waals surface area contributed by atoms with E-state index >= 15 is 0 Å². The van der Waals surface area contributed by atoms with E-state index in [4.69, 9.17) is 0 Å². The largest absolute Gasteiger partial charge is 0.387 e. The number of rotatable bonds is 4. The van der Waals surface area contributed by atoms with Gasteiger partial charge in [0.15, 0.2) is 0 Å². The maximum atomic E-state index is 13.7. The van der Waals surface area contributed by atoms with Crippen LogP contribution >= 0.6 is 11.8 Å². The third-order valence-electron chi connectivity index (χ3n) is 5.18. The van der Waals surface area contributed by atoms with Crippen molar-refractivity contribution in [1.29, 1.82) is 0 Å². The van der Waals surface area contributed by atoms with Crippen molar-refractivity contribution in [3.05, 3.63) is 35.6 Å². The summed E-state index contributed by atoms with van der Waals surface area (Å²) in [4.78, 5) is 13.0. The normalized spacial score (nSPS) is 26.9. The molecule has 1 heterocycles. The molecule has 126 valence electrons. The first-order valence-electron chi connectivity index (χ1n) is 8.39. The minimum Gasteiger partial charge on any atom is -0.387 e. The number of aliphatic hydroxyl groups is 1. The maximum Gasteiger partial charge on any atom is 0.230 e. The van der Waals surface area contributed by atoms with E-state index in [9.17, 15) is 14.3 Å². The van der Waals surface area contributed by atoms with Gasteiger partial charge in [0.05, 0.1) is 11.0 Å². The highest BCUT2D eigenvalue weighted by Gasteiger charge is 2.42. The van der Waals surface area contributed by atoms with E-state index in [0.29, 0.717) is 12.2 Å². The van der Waals surface area contributed by atoms with E-state index in [1.54, 1.807) is 17.8 Å². The standard InChI is InChI=1S/C18H24FNO2S/c19-15-6-4-5-14(11-15)18(7-2-1-3-8-18)16(21)20-12-17(22)9-10-23-13-17/h4-6,11,22H,1-3,7-10,12-13H2,(H,20,21). The second-order valence-electron chi connectivity index (χ2n) is 6.86. The number of nitrogens with one attached hydrogen (secondary N) is 1. The molecule has 1 saturated carbocycles. The number of hydrogen-bond donors (Lipinski definition) is 2. The molecule has 3 rings (SSSR count). The zero-order valence-corrected chi connectivity index (χ0v) is 14.1. The van der Waals surface area contributed by atoms with Gasteiger partial charge in [0.1, 0.15) is 5.82 Å². The van der Waals surface area contributed by atoms with Gasteiger partial charge in [-0.05, 0) is 42.7 Å². The van der Waals surface area contributed by atoms with E-state index in [2.05, 4.69) is 5.32 Å². The molecule has 0 radical (unpaired) electrons. The molecule has 2 aliphatic rings. The molecule has 2 N–H and O–H groups in total. The van der Waals surface area contributed by atoms with Crippen LogP contribution in [0.2, 0.25) is 0 Å². The Kier molecular flexibility index (Phi) is 4.97. The van der Waals surface area contributed by atoms with E-state index in [1.165, 1.54) is 12.1 Å². The second kappa shape index (κ2) is 6.81. The maximum absolute atomic E-state index is 13.7. The molecule has 1 aromatic carbocycles. The quantitative estimate of drug-likeness (QED) is 0.888. The summed E-state index contributed by atoms with van der Waals surface area (Å²) in [6.45, 7) is 0.288. The molecule has 0 bridgehead atoms. The van der Waals surface area contributed by atoms with Gasteiger partial charge in [-0.3, -0.25) is 4.79 Å². The molecule has 0 spiro atoms. The molecule has 2 fully saturated rings. The van der Waals surface area contributed by atoms with Crippen molar-refractivity contribution >= 4 is 17.7 Å². The molecule has 1 unspecified atom stereocenters. The van der Waals surface area contributed by atoms with Gasteiger partial charge < -0.3 is 10.4 Å². The first-order chi connectivity index (χ1) is 11.0. The van der Waals surface area contributed by atoms with Gasteiger partial charge in [-0.1, -0.05) is 31.4 Å². The van der Waals surface area contributed by atoms with E-state index < -0.39 is 11.0 Å². The smallest absolute Gasteiger partial charge is 0.230 e. The monoisotopic (exact) mass is 337 g/mol. The highest BCUT2D eigenvalue weighted by atomic mass is 32.2. The number of amides is 1. The third kappa shape index (κ3) is 3.56. The number of carbonyl (C=O) groups excluding carboxylic acids is 1. The van der Waals surface area contributed by atoms with Crippen LogP contribution in [0.3, 0.4) is 0 Å². The fourth-order valence-corrected chi connectivity index (χ4v) is 5.03. The summed E-state index contributed by atoms with van der Waals surface area (Å²) < 4.78 is 13.7. The lowest BCUT2D eigenvalue weighted by Gasteiger charge is -2.37. The SMILES string of the molecule is O=C(NCC1(O)CCSC1)C1(c2cccc(F)c2)CCCCC1. The molecule has 1 aliphatic heterocycles. The molecule has 5 heteroatoms. The first kappa shape index (κ1) is 16.8. The molecule has 0 aromatic heterocycles. The second-order valence-corrected chi connectivity index (χ2v) is 7.97. The van der Waals surface area contributed by atoms with E-state index in [-0.39, 0.29) is 18.3 Å². The Labute approximate surface area is 141 Å². The van der Waals surface area contributed by atoms with E-state index in [0.717, 1.165) is 43.4 Å². The Hall–Kier alpha value is -1.07. The number of carbonyl (C=O) groups is 1. The molecule has 1 atom stereocenters. The van der Waals surface area contributed by atoms with Gasteiger partial charge in [0.25, 0.3) is 0 Å². The van der Waals surface area contributed by atoms with Crippen LogP contribution in [-0.4, -0.2) is 34.7 Å². The highest BCUT2D eigenvalue weighted by molar-refractivity contribution is 7.99. The van der Waals surface area contributed by atoms with Gasteiger partial charge in [-0.2, -0.15) is 11.8 Å². The average molecular weight is 337 g/mol. The minimum atomic E-state index is -0.794. The van der Waals surface area contributed by atoms with Gasteiger partial charge in [-0.15, -0.1) is 0 Å². The van der Waals surface area contributed by atoms with Crippen LogP contribution in [0.15, 0.2) is 24.3 Å². The van der Waals surface area contributed by atoms with Crippen LogP contribution in [0.4, 0.5) is 4.39 Å². The molecule has 1 amide bonds. The Bertz CT molecular complexity index is 566. The summed E-state index contributed by atoms with van der Waals surface area (Å²) in [6, 6.07) is 6.44. The summed E-state index contributed by atoms with van der Waals surface area (Å²) in [6.07, 6.45) is 5.27. The molecular formula is C18H24FNO2S. The van der Waals surface area contributed by atoms with Crippen LogP contribution in [0.1, 0.15) is 44.1 Å². The van der Waals surface area contributed by atoms with Crippen LogP contribution in [-0.2, 0) is 10.2 Å². The molecule has 1 saturated heterocycles. The molecule has 1 aliphatic carbocycles. The minimum absolute atomic E-state index is 0.0619. The lowest BCUT2D eigenvalue weighted by Crippen LogP contribution is -2.51. The van der Waals surface area contributed by atoms with Crippen molar-refractivity contribution in [3.63, 3.8) is 0 Å². The topological polar surface area (TPSA) is 49.3 Å². The number of hydrogen-bond acceptors (Lipinski definition) is 3. The number of thioether (sulfide) groups is 1. The van der Waals surface area contributed by atoms with Crippen molar-refractivity contribution in [2.45, 2.75) is 49.5 Å². The van der Waals surface area contributed by atoms with Crippen LogP contribution < -0.4 is 5.32 Å². The lowest BCUT2D eigenvalue weighted by atomic mass is 9.68. The van der Waals surface area contributed by atoms with Crippen molar-refractivity contribution in [2.24, 2.45) is 0 Å². The third-order valence-corrected chi connectivity index (χ3v) is 6.41. The number of benzene rings is 1.